The van der Waals surface area contributed by atoms with Crippen molar-refractivity contribution >= 4 is 55.8 Å². The number of ether oxygens (including phenoxy) is 2. The zero-order valence-electron chi connectivity index (χ0n) is 17.2. The van der Waals surface area contributed by atoms with Crippen molar-refractivity contribution in [2.24, 2.45) is 0 Å². The number of aromatic nitrogens is 1. The highest BCUT2D eigenvalue weighted by atomic mass is 35.5. The standard InChI is InChI=1S/C21H23Cl2N3O3S/c1-25(2)8-5-9-26(20(27)14-10-13(22)6-7-15(14)23)21-24-16-11-17(28-3)18(29-4)12-19(16)30-21/h6-7,10-12H,5,8-9H2,1-4H3. The third-order valence-electron chi connectivity index (χ3n) is 4.50. The van der Waals surface area contributed by atoms with Gasteiger partial charge in [0, 0.05) is 23.7 Å². The molecule has 2 aromatic carbocycles. The minimum absolute atomic E-state index is 0.237. The summed E-state index contributed by atoms with van der Waals surface area (Å²) in [6, 6.07) is 8.55. The summed E-state index contributed by atoms with van der Waals surface area (Å²) in [5.74, 6) is 0.966. The zero-order valence-corrected chi connectivity index (χ0v) is 19.6. The second-order valence-corrected chi connectivity index (χ2v) is 8.76. The van der Waals surface area contributed by atoms with E-state index in [-0.39, 0.29) is 5.91 Å². The number of nitrogens with zero attached hydrogens (tertiary/aromatic N) is 3. The fraction of sp³-hybridized carbons (Fsp3) is 0.333. The Kier molecular flexibility index (Phi) is 7.41. The summed E-state index contributed by atoms with van der Waals surface area (Å²) in [5, 5.41) is 1.39. The Hall–Kier alpha value is -2.06. The van der Waals surface area contributed by atoms with Crippen LogP contribution in [-0.2, 0) is 0 Å². The van der Waals surface area contributed by atoms with E-state index in [0.717, 1.165) is 23.2 Å². The smallest absolute Gasteiger partial charge is 0.261 e. The van der Waals surface area contributed by atoms with Crippen LogP contribution >= 0.6 is 34.5 Å². The first-order valence-electron chi connectivity index (χ1n) is 9.28. The van der Waals surface area contributed by atoms with Crippen LogP contribution < -0.4 is 14.4 Å². The molecule has 1 heterocycles. The number of thiazole rings is 1. The van der Waals surface area contributed by atoms with Gasteiger partial charge in [0.2, 0.25) is 0 Å². The van der Waals surface area contributed by atoms with Crippen LogP contribution in [0.3, 0.4) is 0 Å². The lowest BCUT2D eigenvalue weighted by molar-refractivity contribution is 0.0986. The van der Waals surface area contributed by atoms with Gasteiger partial charge in [-0.25, -0.2) is 4.98 Å². The van der Waals surface area contributed by atoms with E-state index in [1.54, 1.807) is 37.3 Å². The first-order chi connectivity index (χ1) is 14.3. The lowest BCUT2D eigenvalue weighted by Gasteiger charge is -2.21. The number of methoxy groups -OCH3 is 2. The van der Waals surface area contributed by atoms with Crippen molar-refractivity contribution in [3.05, 3.63) is 45.9 Å². The van der Waals surface area contributed by atoms with Crippen LogP contribution in [-0.4, -0.2) is 57.2 Å². The van der Waals surface area contributed by atoms with Crippen LogP contribution in [0.1, 0.15) is 16.8 Å². The Morgan fingerprint density at radius 1 is 1.07 bits per heavy atom. The maximum absolute atomic E-state index is 13.4. The number of fused-ring (bicyclic) bond motifs is 1. The molecule has 0 spiro atoms. The van der Waals surface area contributed by atoms with Gasteiger partial charge in [-0.05, 0) is 45.3 Å². The number of anilines is 1. The minimum atomic E-state index is -0.237. The number of halogens is 2. The number of benzene rings is 2. The van der Waals surface area contributed by atoms with Crippen LogP contribution in [0.5, 0.6) is 11.5 Å². The summed E-state index contributed by atoms with van der Waals surface area (Å²) in [6.07, 6.45) is 0.777. The van der Waals surface area contributed by atoms with Crippen molar-refractivity contribution in [2.75, 3.05) is 46.3 Å². The lowest BCUT2D eigenvalue weighted by atomic mass is 10.2. The number of carbonyl (C=O) groups excluding carboxylic acids is 1. The van der Waals surface area contributed by atoms with Gasteiger partial charge in [-0.1, -0.05) is 34.5 Å². The van der Waals surface area contributed by atoms with Crippen LogP contribution in [0.4, 0.5) is 5.13 Å². The summed E-state index contributed by atoms with van der Waals surface area (Å²) in [7, 11) is 7.16. The quantitative estimate of drug-likeness (QED) is 0.454. The molecule has 3 rings (SSSR count). The van der Waals surface area contributed by atoms with E-state index in [0.29, 0.717) is 38.8 Å². The number of amides is 1. The van der Waals surface area contributed by atoms with Crippen molar-refractivity contribution in [2.45, 2.75) is 6.42 Å². The molecule has 0 N–H and O–H groups in total. The molecule has 0 aliphatic heterocycles. The van der Waals surface area contributed by atoms with Crippen LogP contribution in [0.2, 0.25) is 10.0 Å². The molecule has 30 heavy (non-hydrogen) atoms. The number of hydrogen-bond donors (Lipinski definition) is 0. The summed E-state index contributed by atoms with van der Waals surface area (Å²) in [4.78, 5) is 21.8. The molecule has 0 aliphatic rings. The molecule has 6 nitrogen and oxygen atoms in total. The lowest BCUT2D eigenvalue weighted by Crippen LogP contribution is -2.33. The van der Waals surface area contributed by atoms with Gasteiger partial charge >= 0.3 is 0 Å². The normalized spacial score (nSPS) is 11.2. The second-order valence-electron chi connectivity index (χ2n) is 6.91. The molecule has 0 radical (unpaired) electrons. The molecule has 0 atom stereocenters. The Labute approximate surface area is 189 Å². The van der Waals surface area contributed by atoms with Crippen LogP contribution in [0, 0.1) is 0 Å². The Morgan fingerprint density at radius 3 is 2.43 bits per heavy atom. The van der Waals surface area contributed by atoms with Gasteiger partial charge in [0.1, 0.15) is 0 Å². The first kappa shape index (κ1) is 22.6. The molecule has 1 aromatic heterocycles. The first-order valence-corrected chi connectivity index (χ1v) is 10.9. The van der Waals surface area contributed by atoms with Crippen molar-refractivity contribution in [1.29, 1.82) is 0 Å². The largest absolute Gasteiger partial charge is 0.493 e. The van der Waals surface area contributed by atoms with Gasteiger partial charge in [-0.3, -0.25) is 9.69 Å². The third kappa shape index (κ3) is 4.98. The number of rotatable bonds is 8. The highest BCUT2D eigenvalue weighted by Gasteiger charge is 2.24. The number of carbonyl (C=O) groups is 1. The van der Waals surface area contributed by atoms with Crippen molar-refractivity contribution in [1.82, 2.24) is 9.88 Å². The number of hydrogen-bond acceptors (Lipinski definition) is 6. The molecular formula is C21H23Cl2N3O3S. The molecule has 0 aliphatic carbocycles. The Bertz CT molecular complexity index is 1010. The Morgan fingerprint density at radius 2 is 1.77 bits per heavy atom. The maximum Gasteiger partial charge on any atom is 0.261 e. The second kappa shape index (κ2) is 9.83. The highest BCUT2D eigenvalue weighted by molar-refractivity contribution is 7.22. The molecule has 160 valence electrons. The maximum atomic E-state index is 13.4. The summed E-state index contributed by atoms with van der Waals surface area (Å²) in [5.41, 5.74) is 1.08. The molecule has 0 saturated heterocycles. The van der Waals surface area contributed by atoms with Gasteiger partial charge in [-0.15, -0.1) is 0 Å². The van der Waals surface area contributed by atoms with Crippen LogP contribution in [0.15, 0.2) is 30.3 Å². The molecule has 0 fully saturated rings. The van der Waals surface area contributed by atoms with E-state index < -0.39 is 0 Å². The topological polar surface area (TPSA) is 54.9 Å². The van der Waals surface area contributed by atoms with E-state index in [2.05, 4.69) is 4.90 Å². The molecule has 3 aromatic rings. The van der Waals surface area contributed by atoms with Gasteiger partial charge in [0.05, 0.1) is 35.0 Å². The fourth-order valence-corrected chi connectivity index (χ4v) is 4.36. The highest BCUT2D eigenvalue weighted by Crippen LogP contribution is 2.38. The summed E-state index contributed by atoms with van der Waals surface area (Å²) >= 11 is 13.8. The predicted molar refractivity (Wildman–Crippen MR) is 124 cm³/mol. The average molecular weight is 468 g/mol. The predicted octanol–water partition coefficient (Wildman–Crippen LogP) is 5.22. The van der Waals surface area contributed by atoms with Gasteiger partial charge in [-0.2, -0.15) is 0 Å². The molecule has 0 saturated carbocycles. The van der Waals surface area contributed by atoms with E-state index in [9.17, 15) is 4.79 Å². The van der Waals surface area contributed by atoms with Gasteiger partial charge in [0.15, 0.2) is 16.6 Å². The SMILES string of the molecule is COc1cc2nc(N(CCCN(C)C)C(=O)c3cc(Cl)ccc3Cl)sc2cc1OC. The zero-order chi connectivity index (χ0) is 21.8. The van der Waals surface area contributed by atoms with Crippen molar-refractivity contribution < 1.29 is 14.3 Å². The minimum Gasteiger partial charge on any atom is -0.493 e. The van der Waals surface area contributed by atoms with Crippen LogP contribution in [0.25, 0.3) is 10.2 Å². The third-order valence-corrected chi connectivity index (χ3v) is 6.11. The Balaban J connectivity index is 2.03. The van der Waals surface area contributed by atoms with Gasteiger partial charge < -0.3 is 14.4 Å². The average Bonchev–Trinajstić information content (AvgIpc) is 3.13. The molecule has 9 heteroatoms. The van der Waals surface area contributed by atoms with Crippen molar-refractivity contribution in [3.63, 3.8) is 0 Å². The van der Waals surface area contributed by atoms with Crippen molar-refractivity contribution in [3.8, 4) is 11.5 Å². The molecule has 0 unspecified atom stereocenters. The summed E-state index contributed by atoms with van der Waals surface area (Å²) < 4.78 is 11.7. The summed E-state index contributed by atoms with van der Waals surface area (Å²) in [6.45, 7) is 1.33. The molecular weight excluding hydrogens is 445 g/mol. The van der Waals surface area contributed by atoms with E-state index in [4.69, 9.17) is 37.7 Å². The monoisotopic (exact) mass is 467 g/mol. The molecule has 1 amide bonds. The van der Waals surface area contributed by atoms with E-state index in [1.807, 2.05) is 26.2 Å². The van der Waals surface area contributed by atoms with E-state index in [1.165, 1.54) is 11.3 Å². The molecule has 0 bridgehead atoms. The van der Waals surface area contributed by atoms with Gasteiger partial charge in [0.25, 0.3) is 5.91 Å². The van der Waals surface area contributed by atoms with E-state index >= 15 is 0 Å². The fourth-order valence-electron chi connectivity index (χ4n) is 2.99.